The topological polar surface area (TPSA) is 130 Å². The minimum absolute atomic E-state index is 0.179. The number of anilines is 3. The summed E-state index contributed by atoms with van der Waals surface area (Å²) in [6.07, 6.45) is 0. The predicted octanol–water partition coefficient (Wildman–Crippen LogP) is 1.06. The van der Waals surface area contributed by atoms with Crippen LogP contribution in [0.15, 0.2) is 24.3 Å². The van der Waals surface area contributed by atoms with Gasteiger partial charge >= 0.3 is 0 Å². The summed E-state index contributed by atoms with van der Waals surface area (Å²) in [6.45, 7) is 3.28. The van der Waals surface area contributed by atoms with Gasteiger partial charge in [0.1, 0.15) is 22.9 Å². The van der Waals surface area contributed by atoms with E-state index in [0.29, 0.717) is 23.0 Å². The molecule has 0 aliphatic rings. The van der Waals surface area contributed by atoms with Crippen molar-refractivity contribution in [2.24, 2.45) is 5.73 Å². The zero-order valence-electron chi connectivity index (χ0n) is 11.3. The number of H-pyrrole nitrogens is 1. The summed E-state index contributed by atoms with van der Waals surface area (Å²) in [5.41, 5.74) is 10.9. The van der Waals surface area contributed by atoms with Crippen LogP contribution >= 0.6 is 0 Å². The Bertz CT molecular complexity index is 642. The maximum absolute atomic E-state index is 11.3. The van der Waals surface area contributed by atoms with Crippen molar-refractivity contribution in [1.29, 1.82) is 0 Å². The third-order valence-corrected chi connectivity index (χ3v) is 2.72. The summed E-state index contributed by atoms with van der Waals surface area (Å²) in [4.78, 5) is 18.2. The first kappa shape index (κ1) is 13.9. The fourth-order valence-corrected chi connectivity index (χ4v) is 1.75. The number of nitrogens with two attached hydrogens (primary N) is 2. The summed E-state index contributed by atoms with van der Waals surface area (Å²) in [7, 11) is 0. The zero-order valence-corrected chi connectivity index (χ0v) is 11.3. The number of nitrogens with one attached hydrogen (secondary N) is 2. The maximum atomic E-state index is 11.3. The highest BCUT2D eigenvalue weighted by Crippen LogP contribution is 2.24. The Balaban J connectivity index is 2.33. The summed E-state index contributed by atoms with van der Waals surface area (Å²) in [6, 6.07) is 6.73. The van der Waals surface area contributed by atoms with Gasteiger partial charge in [0, 0.05) is 6.07 Å². The van der Waals surface area contributed by atoms with Crippen LogP contribution in [0.5, 0.6) is 0 Å². The van der Waals surface area contributed by atoms with Crippen LogP contribution in [-0.2, 0) is 5.60 Å². The van der Waals surface area contributed by atoms with Gasteiger partial charge in [-0.3, -0.25) is 4.79 Å². The molecule has 1 amide bonds. The Hall–Kier alpha value is -2.54. The molecule has 0 radical (unpaired) electrons. The second-order valence-corrected chi connectivity index (χ2v) is 4.97. The lowest BCUT2D eigenvalue weighted by atomic mass is 10.1. The van der Waals surface area contributed by atoms with Crippen molar-refractivity contribution in [2.75, 3.05) is 11.1 Å². The van der Waals surface area contributed by atoms with Gasteiger partial charge in [-0.15, -0.1) is 0 Å². The number of carbonyl (C=O) groups excluding carboxylic acids is 1. The van der Waals surface area contributed by atoms with Crippen LogP contribution in [0.3, 0.4) is 0 Å². The van der Waals surface area contributed by atoms with Gasteiger partial charge < -0.3 is 26.9 Å². The van der Waals surface area contributed by atoms with E-state index in [1.807, 2.05) is 0 Å². The van der Waals surface area contributed by atoms with Gasteiger partial charge in [0.2, 0.25) is 0 Å². The molecule has 0 aliphatic carbocycles. The number of aliphatic hydroxyl groups is 1. The third-order valence-electron chi connectivity index (χ3n) is 2.72. The van der Waals surface area contributed by atoms with E-state index >= 15 is 0 Å². The SMILES string of the molecule is CC(C)(O)c1cccc(Nc2cc(N)[nH]c2C(N)=O)n1. The first-order valence-electron chi connectivity index (χ1n) is 6.02. The van der Waals surface area contributed by atoms with Crippen LogP contribution < -0.4 is 16.8 Å². The maximum Gasteiger partial charge on any atom is 0.267 e. The second kappa shape index (κ2) is 4.86. The molecular weight excluding hydrogens is 258 g/mol. The molecular formula is C13H17N5O2. The van der Waals surface area contributed by atoms with Gasteiger partial charge in [-0.25, -0.2) is 4.98 Å². The lowest BCUT2D eigenvalue weighted by molar-refractivity contribution is 0.0740. The lowest BCUT2D eigenvalue weighted by Crippen LogP contribution is -2.18. The molecule has 0 aromatic carbocycles. The van der Waals surface area contributed by atoms with Crippen LogP contribution in [0, 0.1) is 0 Å². The number of carbonyl (C=O) groups is 1. The minimum Gasteiger partial charge on any atom is -0.385 e. The molecule has 7 heteroatoms. The van der Waals surface area contributed by atoms with Crippen molar-refractivity contribution < 1.29 is 9.90 Å². The van der Waals surface area contributed by atoms with E-state index in [0.717, 1.165) is 0 Å². The number of hydrogen-bond donors (Lipinski definition) is 5. The molecule has 2 heterocycles. The number of rotatable bonds is 4. The predicted molar refractivity (Wildman–Crippen MR) is 76.5 cm³/mol. The molecule has 2 aromatic rings. The molecule has 0 atom stereocenters. The van der Waals surface area contributed by atoms with E-state index in [4.69, 9.17) is 11.5 Å². The Kier molecular flexibility index (Phi) is 3.37. The van der Waals surface area contributed by atoms with Crippen molar-refractivity contribution in [2.45, 2.75) is 19.4 Å². The number of hydrogen-bond acceptors (Lipinski definition) is 5. The number of aromatic nitrogens is 2. The lowest BCUT2D eigenvalue weighted by Gasteiger charge is -2.17. The first-order valence-corrected chi connectivity index (χ1v) is 6.02. The van der Waals surface area contributed by atoms with Crippen molar-refractivity contribution in [3.8, 4) is 0 Å². The molecule has 0 spiro atoms. The van der Waals surface area contributed by atoms with E-state index in [-0.39, 0.29) is 5.69 Å². The standard InChI is InChI=1S/C13H17N5O2/c1-13(2,20)8-4-3-5-10(17-8)16-7-6-9(14)18-11(7)12(15)19/h3-6,18,20H,14H2,1-2H3,(H2,15,19)(H,16,17). The van der Waals surface area contributed by atoms with Gasteiger partial charge in [-0.05, 0) is 26.0 Å². The molecule has 2 rings (SSSR count). The second-order valence-electron chi connectivity index (χ2n) is 4.97. The fraction of sp³-hybridized carbons (Fsp3) is 0.231. The fourth-order valence-electron chi connectivity index (χ4n) is 1.75. The zero-order chi connectivity index (χ0) is 14.9. The number of primary amides is 1. The van der Waals surface area contributed by atoms with Gasteiger partial charge in [0.15, 0.2) is 0 Å². The average Bonchev–Trinajstić information content (AvgIpc) is 2.69. The van der Waals surface area contributed by atoms with Crippen LogP contribution in [0.2, 0.25) is 0 Å². The minimum atomic E-state index is -1.05. The Labute approximate surface area is 116 Å². The number of amides is 1. The first-order chi connectivity index (χ1) is 9.27. The molecule has 0 aliphatic heterocycles. The highest BCUT2D eigenvalue weighted by molar-refractivity contribution is 5.98. The quantitative estimate of drug-likeness (QED) is 0.569. The Morgan fingerprint density at radius 1 is 1.45 bits per heavy atom. The summed E-state index contributed by atoms with van der Waals surface area (Å²) in [5.74, 6) is 0.175. The van der Waals surface area contributed by atoms with Gasteiger partial charge in [-0.2, -0.15) is 0 Å². The highest BCUT2D eigenvalue weighted by atomic mass is 16.3. The van der Waals surface area contributed by atoms with Crippen molar-refractivity contribution in [3.63, 3.8) is 0 Å². The summed E-state index contributed by atoms with van der Waals surface area (Å²) in [5, 5.41) is 12.9. The van der Waals surface area contributed by atoms with Crippen molar-refractivity contribution in [1.82, 2.24) is 9.97 Å². The van der Waals surface area contributed by atoms with Crippen molar-refractivity contribution >= 4 is 23.2 Å². The Morgan fingerprint density at radius 3 is 2.75 bits per heavy atom. The highest BCUT2D eigenvalue weighted by Gasteiger charge is 2.18. The third kappa shape index (κ3) is 2.89. The van der Waals surface area contributed by atoms with Gasteiger partial charge in [0.05, 0.1) is 11.4 Å². The molecule has 7 nitrogen and oxygen atoms in total. The molecule has 106 valence electrons. The van der Waals surface area contributed by atoms with Gasteiger partial charge in [-0.1, -0.05) is 6.07 Å². The molecule has 0 fully saturated rings. The van der Waals surface area contributed by atoms with E-state index in [1.165, 1.54) is 0 Å². The number of pyridine rings is 1. The molecule has 0 bridgehead atoms. The van der Waals surface area contributed by atoms with E-state index in [2.05, 4.69) is 15.3 Å². The normalized spacial score (nSPS) is 11.3. The largest absolute Gasteiger partial charge is 0.385 e. The van der Waals surface area contributed by atoms with Crippen molar-refractivity contribution in [3.05, 3.63) is 35.7 Å². The number of aromatic amines is 1. The van der Waals surface area contributed by atoms with Gasteiger partial charge in [0.25, 0.3) is 5.91 Å². The van der Waals surface area contributed by atoms with Crippen LogP contribution in [0.4, 0.5) is 17.3 Å². The Morgan fingerprint density at radius 2 is 2.15 bits per heavy atom. The molecule has 0 unspecified atom stereocenters. The van der Waals surface area contributed by atoms with Crippen LogP contribution in [0.25, 0.3) is 0 Å². The summed E-state index contributed by atoms with van der Waals surface area (Å²) < 4.78 is 0. The molecule has 0 saturated carbocycles. The van der Waals surface area contributed by atoms with Crippen LogP contribution in [-0.4, -0.2) is 21.0 Å². The smallest absolute Gasteiger partial charge is 0.267 e. The van der Waals surface area contributed by atoms with E-state index < -0.39 is 11.5 Å². The number of nitrogens with zero attached hydrogens (tertiary/aromatic N) is 1. The summed E-state index contributed by atoms with van der Waals surface area (Å²) >= 11 is 0. The van der Waals surface area contributed by atoms with Crippen LogP contribution in [0.1, 0.15) is 30.0 Å². The average molecular weight is 275 g/mol. The van der Waals surface area contributed by atoms with E-state index in [1.54, 1.807) is 38.1 Å². The molecule has 2 aromatic heterocycles. The number of nitrogen functional groups attached to an aromatic ring is 1. The monoisotopic (exact) mass is 275 g/mol. The molecule has 20 heavy (non-hydrogen) atoms. The van der Waals surface area contributed by atoms with E-state index in [9.17, 15) is 9.90 Å². The molecule has 7 N–H and O–H groups in total. The molecule has 0 saturated heterocycles.